The molecule has 0 spiro atoms. The Hall–Kier alpha value is -2.21. The van der Waals surface area contributed by atoms with Crippen molar-refractivity contribution in [2.75, 3.05) is 20.2 Å². The Morgan fingerprint density at radius 1 is 1.35 bits per heavy atom. The van der Waals surface area contributed by atoms with Gasteiger partial charge < -0.3 is 9.64 Å². The summed E-state index contributed by atoms with van der Waals surface area (Å²) in [5, 5.41) is 4.15. The first-order valence-corrected chi connectivity index (χ1v) is 9.18. The van der Waals surface area contributed by atoms with Crippen LogP contribution in [0.25, 0.3) is 0 Å². The molecule has 26 heavy (non-hydrogen) atoms. The molecule has 0 radical (unpaired) electrons. The zero-order chi connectivity index (χ0) is 18.4. The van der Waals surface area contributed by atoms with E-state index in [0.717, 1.165) is 24.9 Å². The van der Waals surface area contributed by atoms with Crippen LogP contribution in [0.5, 0.6) is 0 Å². The minimum absolute atomic E-state index is 0.0570. The summed E-state index contributed by atoms with van der Waals surface area (Å²) in [4.78, 5) is 14.4. The number of nitrogens with zero attached hydrogens (tertiary/aromatic N) is 3. The van der Waals surface area contributed by atoms with Crippen LogP contribution in [-0.2, 0) is 22.5 Å². The maximum atomic E-state index is 13.9. The number of benzene rings is 1. The van der Waals surface area contributed by atoms with Crippen molar-refractivity contribution in [1.82, 2.24) is 14.7 Å². The molecular weight excluding hydrogens is 333 g/mol. The predicted octanol–water partition coefficient (Wildman–Crippen LogP) is 2.91. The van der Waals surface area contributed by atoms with E-state index in [1.165, 1.54) is 6.07 Å². The molecule has 5 nitrogen and oxygen atoms in total. The van der Waals surface area contributed by atoms with E-state index in [0.29, 0.717) is 25.9 Å². The van der Waals surface area contributed by atoms with Crippen molar-refractivity contribution in [3.05, 3.63) is 54.1 Å². The van der Waals surface area contributed by atoms with E-state index in [9.17, 15) is 9.18 Å². The molecule has 1 aromatic heterocycles. The van der Waals surface area contributed by atoms with Crippen LogP contribution in [0.1, 0.15) is 24.8 Å². The second-order valence-corrected chi connectivity index (χ2v) is 6.83. The van der Waals surface area contributed by atoms with E-state index >= 15 is 0 Å². The number of likely N-dealkylation sites (tertiary alicyclic amines) is 1. The quantitative estimate of drug-likeness (QED) is 0.764. The number of piperidine rings is 1. The fourth-order valence-electron chi connectivity index (χ4n) is 3.62. The molecule has 140 valence electrons. The molecule has 2 aromatic rings. The lowest BCUT2D eigenvalue weighted by Crippen LogP contribution is -2.48. The first-order chi connectivity index (χ1) is 12.7. The molecule has 1 aromatic carbocycles. The van der Waals surface area contributed by atoms with E-state index in [1.807, 2.05) is 34.0 Å². The maximum Gasteiger partial charge on any atom is 0.222 e. The topological polar surface area (TPSA) is 47.4 Å². The molecule has 0 N–H and O–H groups in total. The molecule has 2 heterocycles. The van der Waals surface area contributed by atoms with Gasteiger partial charge in [0.1, 0.15) is 5.82 Å². The van der Waals surface area contributed by atoms with Crippen LogP contribution in [0, 0.1) is 11.7 Å². The highest BCUT2D eigenvalue weighted by Gasteiger charge is 2.31. The molecule has 1 saturated heterocycles. The van der Waals surface area contributed by atoms with Gasteiger partial charge in [0.15, 0.2) is 0 Å². The van der Waals surface area contributed by atoms with Crippen LogP contribution in [0.4, 0.5) is 4.39 Å². The zero-order valence-corrected chi connectivity index (χ0v) is 15.2. The number of carbonyl (C=O) groups excluding carboxylic acids is 1. The van der Waals surface area contributed by atoms with Crippen molar-refractivity contribution in [1.29, 1.82) is 0 Å². The van der Waals surface area contributed by atoms with E-state index in [2.05, 4.69) is 5.10 Å². The van der Waals surface area contributed by atoms with Gasteiger partial charge in [-0.2, -0.15) is 5.10 Å². The minimum atomic E-state index is -0.167. The van der Waals surface area contributed by atoms with E-state index in [4.69, 9.17) is 4.74 Å². The van der Waals surface area contributed by atoms with Crippen molar-refractivity contribution in [2.24, 2.45) is 5.92 Å². The summed E-state index contributed by atoms with van der Waals surface area (Å²) < 4.78 is 21.4. The minimum Gasteiger partial charge on any atom is -0.379 e. The molecule has 0 bridgehead atoms. The van der Waals surface area contributed by atoms with Gasteiger partial charge in [0.25, 0.3) is 0 Å². The summed E-state index contributed by atoms with van der Waals surface area (Å²) in [6, 6.07) is 8.77. The van der Waals surface area contributed by atoms with Gasteiger partial charge in [0.05, 0.1) is 6.10 Å². The fourth-order valence-corrected chi connectivity index (χ4v) is 3.62. The molecule has 6 heteroatoms. The Labute approximate surface area is 153 Å². The zero-order valence-electron chi connectivity index (χ0n) is 15.2. The Morgan fingerprint density at radius 3 is 2.92 bits per heavy atom. The Balaban J connectivity index is 1.50. The molecule has 1 aliphatic rings. The van der Waals surface area contributed by atoms with Gasteiger partial charge >= 0.3 is 0 Å². The third kappa shape index (κ3) is 4.69. The number of carbonyl (C=O) groups is 1. The summed E-state index contributed by atoms with van der Waals surface area (Å²) in [6.45, 7) is 2.03. The van der Waals surface area contributed by atoms with Gasteiger partial charge in [-0.05, 0) is 42.9 Å². The lowest BCUT2D eigenvalue weighted by Gasteiger charge is -2.38. The van der Waals surface area contributed by atoms with Crippen molar-refractivity contribution in [2.45, 2.75) is 38.3 Å². The van der Waals surface area contributed by atoms with Crippen LogP contribution >= 0.6 is 0 Å². The molecule has 0 aliphatic carbocycles. The molecular formula is C20H26FN3O2. The SMILES string of the molecule is CO[C@H]1CN(C(=O)CCCn2cccn2)CC[C@@H]1Cc1ccccc1F. The number of ether oxygens (including phenoxy) is 1. The lowest BCUT2D eigenvalue weighted by atomic mass is 9.87. The Kier molecular flexibility index (Phi) is 6.39. The summed E-state index contributed by atoms with van der Waals surface area (Å²) in [5.41, 5.74) is 0.721. The second kappa shape index (κ2) is 8.94. The van der Waals surface area contributed by atoms with Gasteiger partial charge in [-0.15, -0.1) is 0 Å². The molecule has 1 amide bonds. The number of rotatable bonds is 7. The monoisotopic (exact) mass is 359 g/mol. The molecule has 1 aliphatic heterocycles. The number of aromatic nitrogens is 2. The van der Waals surface area contributed by atoms with Crippen molar-refractivity contribution in [3.8, 4) is 0 Å². The van der Waals surface area contributed by atoms with Gasteiger partial charge in [-0.25, -0.2) is 4.39 Å². The number of methoxy groups -OCH3 is 1. The van der Waals surface area contributed by atoms with Gasteiger partial charge in [-0.3, -0.25) is 9.48 Å². The van der Waals surface area contributed by atoms with Gasteiger partial charge in [-0.1, -0.05) is 18.2 Å². The highest BCUT2D eigenvalue weighted by Crippen LogP contribution is 2.25. The predicted molar refractivity (Wildman–Crippen MR) is 97.0 cm³/mol. The molecule has 0 saturated carbocycles. The Bertz CT molecular complexity index is 705. The molecule has 3 rings (SSSR count). The van der Waals surface area contributed by atoms with Crippen LogP contribution in [0.2, 0.25) is 0 Å². The average Bonchev–Trinajstić information content (AvgIpc) is 3.17. The summed E-state index contributed by atoms with van der Waals surface area (Å²) >= 11 is 0. The fraction of sp³-hybridized carbons (Fsp3) is 0.500. The molecule has 1 fully saturated rings. The van der Waals surface area contributed by atoms with E-state index in [-0.39, 0.29) is 23.7 Å². The highest BCUT2D eigenvalue weighted by molar-refractivity contribution is 5.76. The summed E-state index contributed by atoms with van der Waals surface area (Å²) in [5.74, 6) is 0.216. The number of hydrogen-bond acceptors (Lipinski definition) is 3. The van der Waals surface area contributed by atoms with Crippen LogP contribution < -0.4 is 0 Å². The van der Waals surface area contributed by atoms with Crippen molar-refractivity contribution in [3.63, 3.8) is 0 Å². The third-order valence-electron chi connectivity index (χ3n) is 5.13. The number of aryl methyl sites for hydroxylation is 1. The number of halogens is 1. The third-order valence-corrected chi connectivity index (χ3v) is 5.13. The van der Waals surface area contributed by atoms with Crippen LogP contribution in [-0.4, -0.2) is 46.9 Å². The van der Waals surface area contributed by atoms with E-state index in [1.54, 1.807) is 19.4 Å². The average molecular weight is 359 g/mol. The van der Waals surface area contributed by atoms with Gasteiger partial charge in [0.2, 0.25) is 5.91 Å². The molecule has 0 unspecified atom stereocenters. The maximum absolute atomic E-state index is 13.9. The highest BCUT2D eigenvalue weighted by atomic mass is 19.1. The molecule has 2 atom stereocenters. The van der Waals surface area contributed by atoms with Crippen LogP contribution in [0.3, 0.4) is 0 Å². The van der Waals surface area contributed by atoms with E-state index < -0.39 is 0 Å². The van der Waals surface area contributed by atoms with Crippen molar-refractivity contribution < 1.29 is 13.9 Å². The standard InChI is InChI=1S/C20H26FN3O2/c1-26-19-15-23(20(25)8-4-11-24-12-5-10-22-24)13-9-17(19)14-16-6-2-3-7-18(16)21/h2-3,5-7,10,12,17,19H,4,8-9,11,13-15H2,1H3/t17-,19+/m1/s1. The normalized spacial score (nSPS) is 20.3. The van der Waals surface area contributed by atoms with Crippen LogP contribution in [0.15, 0.2) is 42.7 Å². The smallest absolute Gasteiger partial charge is 0.222 e. The second-order valence-electron chi connectivity index (χ2n) is 6.83. The summed E-state index contributed by atoms with van der Waals surface area (Å²) in [7, 11) is 1.67. The first kappa shape index (κ1) is 18.6. The lowest BCUT2D eigenvalue weighted by molar-refractivity contribution is -0.136. The summed E-state index contributed by atoms with van der Waals surface area (Å²) in [6.07, 6.45) is 6.34. The van der Waals surface area contributed by atoms with Crippen molar-refractivity contribution >= 4 is 5.91 Å². The first-order valence-electron chi connectivity index (χ1n) is 9.18. The number of hydrogen-bond donors (Lipinski definition) is 0. The number of amides is 1. The Morgan fingerprint density at radius 2 is 2.19 bits per heavy atom. The van der Waals surface area contributed by atoms with Gasteiger partial charge in [0, 0.05) is 45.6 Å². The largest absolute Gasteiger partial charge is 0.379 e.